The van der Waals surface area contributed by atoms with Crippen LogP contribution in [0.4, 0.5) is 5.69 Å². The molecule has 5 rings (SSSR count). The Hall–Kier alpha value is -3.39. The Morgan fingerprint density at radius 1 is 0.630 bits per heavy atom. The zero-order chi connectivity index (χ0) is 18.4. The Kier molecular flexibility index (Phi) is 3.58. The molecule has 0 unspecified atom stereocenters. The first-order chi connectivity index (χ1) is 13.2. The lowest BCUT2D eigenvalue weighted by molar-refractivity contribution is 1.13. The van der Waals surface area contributed by atoms with Crippen LogP contribution in [-0.4, -0.2) is 19.1 Å². The highest BCUT2D eigenvalue weighted by molar-refractivity contribution is 6.18. The lowest BCUT2D eigenvalue weighted by Gasteiger charge is -2.15. The fourth-order valence-corrected chi connectivity index (χ4v) is 3.91. The summed E-state index contributed by atoms with van der Waals surface area (Å²) in [6.07, 6.45) is 1.93. The number of pyridine rings is 1. The molecule has 0 amide bonds. The maximum absolute atomic E-state index is 4.73. The number of rotatable bonds is 2. The molecule has 0 saturated carbocycles. The van der Waals surface area contributed by atoms with E-state index in [4.69, 9.17) is 4.98 Å². The average Bonchev–Trinajstić information content (AvgIpc) is 2.73. The largest absolute Gasteiger partial charge is 0.378 e. The molecule has 0 fully saturated rings. The number of aromatic nitrogens is 1. The molecule has 0 aliphatic rings. The summed E-state index contributed by atoms with van der Waals surface area (Å²) in [5.74, 6) is 0. The Bertz CT molecular complexity index is 1300. The Balaban J connectivity index is 1.82. The van der Waals surface area contributed by atoms with E-state index >= 15 is 0 Å². The SMILES string of the molecule is CN(C)c1cccc(-c2nccc3c2ccc2c4ccccc4ccc32)c1. The summed E-state index contributed by atoms with van der Waals surface area (Å²) in [7, 11) is 4.13. The molecule has 2 heteroatoms. The first kappa shape index (κ1) is 15.8. The number of hydrogen-bond acceptors (Lipinski definition) is 2. The van der Waals surface area contributed by atoms with Crippen LogP contribution in [0.1, 0.15) is 0 Å². The predicted octanol–water partition coefficient (Wildman–Crippen LogP) is 6.27. The molecule has 0 radical (unpaired) electrons. The molecule has 1 aromatic heterocycles. The molecule has 27 heavy (non-hydrogen) atoms. The lowest BCUT2D eigenvalue weighted by Crippen LogP contribution is -2.08. The lowest BCUT2D eigenvalue weighted by atomic mass is 9.95. The summed E-state index contributed by atoms with van der Waals surface area (Å²) in [5, 5.41) is 7.58. The molecule has 0 bridgehead atoms. The maximum Gasteiger partial charge on any atom is 0.0781 e. The fourth-order valence-electron chi connectivity index (χ4n) is 3.91. The predicted molar refractivity (Wildman–Crippen MR) is 117 cm³/mol. The summed E-state index contributed by atoms with van der Waals surface area (Å²) < 4.78 is 0. The third kappa shape index (κ3) is 2.53. The van der Waals surface area contributed by atoms with Crippen LogP contribution in [0.3, 0.4) is 0 Å². The van der Waals surface area contributed by atoms with E-state index < -0.39 is 0 Å². The van der Waals surface area contributed by atoms with Crippen molar-refractivity contribution in [3.63, 3.8) is 0 Å². The fraction of sp³-hybridized carbons (Fsp3) is 0.0800. The van der Waals surface area contributed by atoms with E-state index in [0.717, 1.165) is 11.3 Å². The number of anilines is 1. The molecule has 1 heterocycles. The van der Waals surface area contributed by atoms with Gasteiger partial charge in [0.15, 0.2) is 0 Å². The normalized spacial score (nSPS) is 11.3. The highest BCUT2D eigenvalue weighted by Crippen LogP contribution is 2.35. The van der Waals surface area contributed by atoms with Gasteiger partial charge in [0.1, 0.15) is 0 Å². The minimum atomic E-state index is 1.03. The molecule has 2 nitrogen and oxygen atoms in total. The van der Waals surface area contributed by atoms with Gasteiger partial charge in [-0.1, -0.05) is 60.7 Å². The molecule has 0 atom stereocenters. The first-order valence-corrected chi connectivity index (χ1v) is 9.19. The van der Waals surface area contributed by atoms with E-state index in [2.05, 4.69) is 97.9 Å². The molecular formula is C25H20N2. The standard InChI is InChI=1S/C25H20N2/c1-27(2)19-8-5-7-18(16-19)25-24-13-12-21-20-9-4-3-6-17(20)10-11-22(21)23(24)14-15-26-25/h3-16H,1-2H3. The first-order valence-electron chi connectivity index (χ1n) is 9.19. The topological polar surface area (TPSA) is 16.1 Å². The molecular weight excluding hydrogens is 328 g/mol. The van der Waals surface area contributed by atoms with Gasteiger partial charge in [0.25, 0.3) is 0 Å². The second kappa shape index (κ2) is 6.10. The number of fused-ring (bicyclic) bond motifs is 5. The van der Waals surface area contributed by atoms with Crippen LogP contribution in [0, 0.1) is 0 Å². The smallest absolute Gasteiger partial charge is 0.0781 e. The van der Waals surface area contributed by atoms with Crippen molar-refractivity contribution >= 4 is 38.0 Å². The Labute approximate surface area is 158 Å². The van der Waals surface area contributed by atoms with Crippen LogP contribution in [-0.2, 0) is 0 Å². The van der Waals surface area contributed by atoms with Crippen LogP contribution in [0.25, 0.3) is 43.6 Å². The zero-order valence-corrected chi connectivity index (χ0v) is 15.5. The second-order valence-electron chi connectivity index (χ2n) is 7.15. The third-order valence-corrected chi connectivity index (χ3v) is 5.30. The van der Waals surface area contributed by atoms with Crippen molar-refractivity contribution in [2.75, 3.05) is 19.0 Å². The highest BCUT2D eigenvalue weighted by Gasteiger charge is 2.10. The minimum absolute atomic E-state index is 1.03. The summed E-state index contributed by atoms with van der Waals surface area (Å²) in [5.41, 5.74) is 3.36. The minimum Gasteiger partial charge on any atom is -0.378 e. The van der Waals surface area contributed by atoms with Gasteiger partial charge < -0.3 is 4.90 Å². The van der Waals surface area contributed by atoms with Crippen molar-refractivity contribution in [2.24, 2.45) is 0 Å². The number of nitrogens with zero attached hydrogens (tertiary/aromatic N) is 2. The third-order valence-electron chi connectivity index (χ3n) is 5.30. The summed E-state index contributed by atoms with van der Waals surface area (Å²) in [4.78, 5) is 6.85. The Morgan fingerprint density at radius 3 is 2.26 bits per heavy atom. The van der Waals surface area contributed by atoms with Gasteiger partial charge in [-0.25, -0.2) is 0 Å². The molecule has 130 valence electrons. The highest BCUT2D eigenvalue weighted by atomic mass is 15.1. The monoisotopic (exact) mass is 348 g/mol. The maximum atomic E-state index is 4.73. The van der Waals surface area contributed by atoms with E-state index in [1.54, 1.807) is 0 Å². The van der Waals surface area contributed by atoms with Gasteiger partial charge in [-0.05, 0) is 45.1 Å². The van der Waals surface area contributed by atoms with Crippen molar-refractivity contribution in [1.29, 1.82) is 0 Å². The van der Waals surface area contributed by atoms with Gasteiger partial charge >= 0.3 is 0 Å². The summed E-state index contributed by atoms with van der Waals surface area (Å²) in [6, 6.07) is 28.2. The van der Waals surface area contributed by atoms with Gasteiger partial charge in [0.2, 0.25) is 0 Å². The molecule has 0 spiro atoms. The van der Waals surface area contributed by atoms with Crippen molar-refractivity contribution in [2.45, 2.75) is 0 Å². The molecule has 5 aromatic rings. The van der Waals surface area contributed by atoms with Gasteiger partial charge in [-0.15, -0.1) is 0 Å². The quantitative estimate of drug-likeness (QED) is 0.349. The van der Waals surface area contributed by atoms with Crippen LogP contribution in [0.2, 0.25) is 0 Å². The van der Waals surface area contributed by atoms with E-state index in [1.165, 1.54) is 38.0 Å². The zero-order valence-electron chi connectivity index (χ0n) is 15.5. The molecule has 0 aliphatic heterocycles. The van der Waals surface area contributed by atoms with E-state index in [0.29, 0.717) is 0 Å². The molecule has 4 aromatic carbocycles. The summed E-state index contributed by atoms with van der Waals surface area (Å²) in [6.45, 7) is 0. The molecule has 0 N–H and O–H groups in total. The van der Waals surface area contributed by atoms with Crippen molar-refractivity contribution in [3.05, 3.63) is 85.1 Å². The van der Waals surface area contributed by atoms with Crippen molar-refractivity contribution < 1.29 is 0 Å². The van der Waals surface area contributed by atoms with Crippen LogP contribution in [0.15, 0.2) is 85.1 Å². The molecule has 0 saturated heterocycles. The van der Waals surface area contributed by atoms with E-state index in [1.807, 2.05) is 6.20 Å². The van der Waals surface area contributed by atoms with Crippen molar-refractivity contribution in [3.8, 4) is 11.3 Å². The van der Waals surface area contributed by atoms with Gasteiger partial charge in [-0.3, -0.25) is 4.98 Å². The van der Waals surface area contributed by atoms with Crippen LogP contribution >= 0.6 is 0 Å². The van der Waals surface area contributed by atoms with Crippen LogP contribution < -0.4 is 4.90 Å². The Morgan fingerprint density at radius 2 is 1.37 bits per heavy atom. The van der Waals surface area contributed by atoms with Gasteiger partial charge in [-0.2, -0.15) is 0 Å². The molecule has 0 aliphatic carbocycles. The van der Waals surface area contributed by atoms with E-state index in [-0.39, 0.29) is 0 Å². The number of benzene rings is 4. The second-order valence-corrected chi connectivity index (χ2v) is 7.15. The number of hydrogen-bond donors (Lipinski definition) is 0. The summed E-state index contributed by atoms with van der Waals surface area (Å²) >= 11 is 0. The van der Waals surface area contributed by atoms with E-state index in [9.17, 15) is 0 Å². The van der Waals surface area contributed by atoms with Crippen molar-refractivity contribution in [1.82, 2.24) is 4.98 Å². The van der Waals surface area contributed by atoms with Gasteiger partial charge in [0, 0.05) is 36.9 Å². The van der Waals surface area contributed by atoms with Crippen LogP contribution in [0.5, 0.6) is 0 Å². The van der Waals surface area contributed by atoms with Gasteiger partial charge in [0.05, 0.1) is 5.69 Å². The average molecular weight is 348 g/mol.